The molecule has 108 valence electrons. The van der Waals surface area contributed by atoms with Crippen molar-refractivity contribution in [2.45, 2.75) is 0 Å². The van der Waals surface area contributed by atoms with Crippen LogP contribution in [0.15, 0.2) is 48.5 Å². The number of halogens is 1. The van der Waals surface area contributed by atoms with Crippen molar-refractivity contribution in [3.8, 4) is 5.75 Å². The quantitative estimate of drug-likeness (QED) is 0.399. The van der Waals surface area contributed by atoms with Crippen LogP contribution in [0.2, 0.25) is 5.02 Å². The zero-order valence-corrected chi connectivity index (χ0v) is 11.7. The summed E-state index contributed by atoms with van der Waals surface area (Å²) in [6.45, 7) is -0.468. The van der Waals surface area contributed by atoms with E-state index in [-0.39, 0.29) is 0 Å². The van der Waals surface area contributed by atoms with Crippen LogP contribution in [-0.2, 0) is 4.79 Å². The summed E-state index contributed by atoms with van der Waals surface area (Å²) in [6, 6.07) is 13.1. The van der Waals surface area contributed by atoms with Crippen molar-refractivity contribution in [3.63, 3.8) is 0 Å². The predicted octanol–water partition coefficient (Wildman–Crippen LogP) is 3.06. The van der Waals surface area contributed by atoms with Gasteiger partial charge in [0.05, 0.1) is 5.56 Å². The highest BCUT2D eigenvalue weighted by molar-refractivity contribution is 6.30. The van der Waals surface area contributed by atoms with E-state index in [4.69, 9.17) is 21.4 Å². The molecule has 6 heteroatoms. The molecule has 0 atom stereocenters. The second kappa shape index (κ2) is 6.76. The Kier molecular flexibility index (Phi) is 4.79. The lowest BCUT2D eigenvalue weighted by Gasteiger charge is -2.07. The second-order valence-electron chi connectivity index (χ2n) is 4.15. The molecule has 0 aliphatic carbocycles. The van der Waals surface area contributed by atoms with Crippen LogP contribution < -0.4 is 4.74 Å². The molecular formula is C15H12ClNO4. The number of aliphatic carboxylic acids is 1. The number of carboxylic acids is 1. The van der Waals surface area contributed by atoms with Crippen LogP contribution in [0.3, 0.4) is 0 Å². The first kappa shape index (κ1) is 14.9. The van der Waals surface area contributed by atoms with Gasteiger partial charge in [0.25, 0.3) is 0 Å². The highest BCUT2D eigenvalue weighted by Crippen LogP contribution is 2.19. The van der Waals surface area contributed by atoms with Gasteiger partial charge >= 0.3 is 5.97 Å². The minimum absolute atomic E-state index is 0.328. The molecule has 0 unspecified atom stereocenters. The monoisotopic (exact) mass is 305 g/mol. The fourth-order valence-corrected chi connectivity index (χ4v) is 1.77. The predicted molar refractivity (Wildman–Crippen MR) is 79.5 cm³/mol. The first-order chi connectivity index (χ1) is 10.1. The third kappa shape index (κ3) is 4.22. The molecule has 0 radical (unpaired) electrons. The minimum Gasteiger partial charge on any atom is -0.618 e. The smallest absolute Gasteiger partial charge is 0.341 e. The Morgan fingerprint density at radius 2 is 1.90 bits per heavy atom. The van der Waals surface area contributed by atoms with Gasteiger partial charge in [-0.05, 0) is 24.3 Å². The van der Waals surface area contributed by atoms with Gasteiger partial charge in [-0.1, -0.05) is 23.7 Å². The fourth-order valence-electron chi connectivity index (χ4n) is 1.65. The lowest BCUT2D eigenvalue weighted by Crippen LogP contribution is -2.11. The molecule has 0 spiro atoms. The summed E-state index contributed by atoms with van der Waals surface area (Å²) in [5, 5.41) is 21.2. The highest BCUT2D eigenvalue weighted by Gasteiger charge is 2.08. The van der Waals surface area contributed by atoms with Crippen LogP contribution in [-0.4, -0.2) is 28.6 Å². The van der Waals surface area contributed by atoms with Crippen molar-refractivity contribution in [3.05, 3.63) is 64.3 Å². The summed E-state index contributed by atoms with van der Waals surface area (Å²) in [6.07, 6.45) is 1.32. The Labute approximate surface area is 126 Å². The van der Waals surface area contributed by atoms with Gasteiger partial charge in [0.1, 0.15) is 5.75 Å². The van der Waals surface area contributed by atoms with Gasteiger partial charge in [0, 0.05) is 17.2 Å². The molecule has 0 saturated carbocycles. The summed E-state index contributed by atoms with van der Waals surface area (Å²) in [4.78, 5) is 10.5. The Hall–Kier alpha value is -2.53. The Morgan fingerprint density at radius 3 is 2.57 bits per heavy atom. The number of carbonyl (C=O) groups is 1. The van der Waals surface area contributed by atoms with Gasteiger partial charge in [-0.2, -0.15) is 4.74 Å². The van der Waals surface area contributed by atoms with Gasteiger partial charge in [-0.25, -0.2) is 4.79 Å². The number of benzene rings is 2. The van der Waals surface area contributed by atoms with Crippen molar-refractivity contribution in [2.75, 3.05) is 6.61 Å². The molecule has 2 rings (SSSR count). The van der Waals surface area contributed by atoms with E-state index < -0.39 is 12.6 Å². The molecule has 1 N–H and O–H groups in total. The molecule has 21 heavy (non-hydrogen) atoms. The average Bonchev–Trinajstić information content (AvgIpc) is 2.47. The third-order valence-corrected chi connectivity index (χ3v) is 2.86. The zero-order valence-electron chi connectivity index (χ0n) is 10.9. The maximum absolute atomic E-state index is 12.1. The summed E-state index contributed by atoms with van der Waals surface area (Å²) in [5.41, 5.74) is 0.899. The van der Waals surface area contributed by atoms with Crippen molar-refractivity contribution in [2.24, 2.45) is 0 Å². The van der Waals surface area contributed by atoms with Crippen LogP contribution in [0.4, 0.5) is 5.69 Å². The first-order valence-electron chi connectivity index (χ1n) is 6.06. The summed E-state index contributed by atoms with van der Waals surface area (Å²) < 4.78 is 5.80. The van der Waals surface area contributed by atoms with Crippen molar-refractivity contribution < 1.29 is 19.4 Å². The molecule has 5 nitrogen and oxygen atoms in total. The molecule has 0 aromatic heterocycles. The molecule has 0 bridgehead atoms. The fraction of sp³-hybridized carbons (Fsp3) is 0.0667. The molecule has 0 saturated heterocycles. The molecule has 0 amide bonds. The average molecular weight is 306 g/mol. The molecule has 0 aliphatic heterocycles. The lowest BCUT2D eigenvalue weighted by molar-refractivity contribution is -0.354. The number of para-hydroxylation sites is 1. The number of nitrogens with zero attached hydrogens (tertiary/aromatic N) is 1. The van der Waals surface area contributed by atoms with Crippen molar-refractivity contribution in [1.82, 2.24) is 0 Å². The maximum atomic E-state index is 12.1. The number of rotatable bonds is 5. The Balaban J connectivity index is 2.27. The molecule has 2 aromatic rings. The van der Waals surface area contributed by atoms with Crippen LogP contribution in [0, 0.1) is 5.21 Å². The highest BCUT2D eigenvalue weighted by atomic mass is 35.5. The third-order valence-electron chi connectivity index (χ3n) is 2.61. The van der Waals surface area contributed by atoms with Gasteiger partial charge in [-0.3, -0.25) is 0 Å². The number of hydrogen-bond donors (Lipinski definition) is 1. The van der Waals surface area contributed by atoms with E-state index in [1.165, 1.54) is 6.21 Å². The van der Waals surface area contributed by atoms with E-state index in [0.29, 0.717) is 26.8 Å². The standard InChI is InChI=1S/C15H12ClNO4/c16-12-5-7-13(8-6-12)17(20)9-11-3-1-2-4-14(11)21-10-15(18)19/h1-9H,10H2,(H,18,19)/b17-9-. The van der Waals surface area contributed by atoms with E-state index >= 15 is 0 Å². The molecule has 0 heterocycles. The largest absolute Gasteiger partial charge is 0.618 e. The van der Waals surface area contributed by atoms with E-state index in [1.807, 2.05) is 0 Å². The minimum atomic E-state index is -1.08. The topological polar surface area (TPSA) is 72.6 Å². The molecular weight excluding hydrogens is 294 g/mol. The van der Waals surface area contributed by atoms with Gasteiger partial charge in [0.2, 0.25) is 5.69 Å². The Morgan fingerprint density at radius 1 is 1.24 bits per heavy atom. The van der Waals surface area contributed by atoms with Crippen LogP contribution in [0.25, 0.3) is 0 Å². The number of ether oxygens (including phenoxy) is 1. The van der Waals surface area contributed by atoms with E-state index in [2.05, 4.69) is 0 Å². The number of carboxylic acid groups (broad SMARTS) is 1. The van der Waals surface area contributed by atoms with Gasteiger partial charge in [-0.15, -0.1) is 0 Å². The summed E-state index contributed by atoms with van der Waals surface area (Å²) >= 11 is 5.77. The SMILES string of the molecule is O=C(O)COc1ccccc1/C=[N+](\[O-])c1ccc(Cl)cc1. The molecule has 2 aromatic carbocycles. The molecule has 0 aliphatic rings. The number of hydrogen-bond acceptors (Lipinski definition) is 3. The van der Waals surface area contributed by atoms with Crippen molar-refractivity contribution >= 4 is 29.5 Å². The van der Waals surface area contributed by atoms with E-state index in [0.717, 1.165) is 0 Å². The van der Waals surface area contributed by atoms with E-state index in [1.54, 1.807) is 48.5 Å². The Bertz CT molecular complexity index is 668. The summed E-state index contributed by atoms with van der Waals surface area (Å²) in [5.74, 6) is -0.754. The lowest BCUT2D eigenvalue weighted by atomic mass is 10.2. The van der Waals surface area contributed by atoms with Crippen LogP contribution in [0.1, 0.15) is 5.56 Å². The molecule has 0 fully saturated rings. The maximum Gasteiger partial charge on any atom is 0.341 e. The van der Waals surface area contributed by atoms with E-state index in [9.17, 15) is 10.0 Å². The second-order valence-corrected chi connectivity index (χ2v) is 4.59. The van der Waals surface area contributed by atoms with Crippen LogP contribution >= 0.6 is 11.6 Å². The zero-order chi connectivity index (χ0) is 15.2. The summed E-state index contributed by atoms with van der Waals surface area (Å²) in [7, 11) is 0. The van der Waals surface area contributed by atoms with Gasteiger partial charge < -0.3 is 15.1 Å². The van der Waals surface area contributed by atoms with Crippen molar-refractivity contribution in [1.29, 1.82) is 0 Å². The van der Waals surface area contributed by atoms with Gasteiger partial charge in [0.15, 0.2) is 12.8 Å². The normalized spacial score (nSPS) is 11.2. The first-order valence-corrected chi connectivity index (χ1v) is 6.44. The van der Waals surface area contributed by atoms with Crippen LogP contribution in [0.5, 0.6) is 5.75 Å².